The maximum atomic E-state index is 12.9. The monoisotopic (exact) mass is 237 g/mol. The van der Waals surface area contributed by atoms with Crippen molar-refractivity contribution < 1.29 is 22.4 Å². The van der Waals surface area contributed by atoms with E-state index in [1.807, 2.05) is 0 Å². The van der Waals surface area contributed by atoms with Crippen molar-refractivity contribution in [2.24, 2.45) is 5.90 Å². The van der Waals surface area contributed by atoms with Gasteiger partial charge in [0.25, 0.3) is 0 Å². The number of nitrogens with two attached hydrogens (primary N) is 1. The van der Waals surface area contributed by atoms with Crippen LogP contribution in [0.2, 0.25) is 0 Å². The highest BCUT2D eigenvalue weighted by atomic mass is 19.4. The molecule has 16 heavy (non-hydrogen) atoms. The largest absolute Gasteiger partial charge is 0.419 e. The van der Waals surface area contributed by atoms with E-state index in [4.69, 9.17) is 5.90 Å². The Hall–Kier alpha value is -1.14. The van der Waals surface area contributed by atoms with E-state index in [2.05, 4.69) is 4.84 Å². The van der Waals surface area contributed by atoms with Crippen molar-refractivity contribution in [3.05, 3.63) is 35.1 Å². The second-order valence-corrected chi connectivity index (χ2v) is 3.47. The fourth-order valence-electron chi connectivity index (χ4n) is 1.31. The van der Waals surface area contributed by atoms with E-state index in [1.165, 1.54) is 6.07 Å². The van der Waals surface area contributed by atoms with Crippen LogP contribution in [-0.4, -0.2) is 6.61 Å². The van der Waals surface area contributed by atoms with Gasteiger partial charge in [-0.25, -0.2) is 10.3 Å². The van der Waals surface area contributed by atoms with Gasteiger partial charge in [-0.3, -0.25) is 0 Å². The van der Waals surface area contributed by atoms with Crippen LogP contribution in [0.1, 0.15) is 24.0 Å². The third-order valence-corrected chi connectivity index (χ3v) is 2.21. The lowest BCUT2D eigenvalue weighted by Gasteiger charge is -2.14. The van der Waals surface area contributed by atoms with Crippen molar-refractivity contribution in [1.82, 2.24) is 0 Å². The zero-order chi connectivity index (χ0) is 12.3. The second kappa shape index (κ2) is 4.80. The maximum absolute atomic E-state index is 12.9. The summed E-state index contributed by atoms with van der Waals surface area (Å²) in [6.07, 6.45) is -4.69. The number of hydrogen-bond donors (Lipinski definition) is 1. The molecule has 0 aliphatic carbocycles. The van der Waals surface area contributed by atoms with Crippen LogP contribution in [-0.2, 0) is 11.0 Å². The van der Waals surface area contributed by atoms with Gasteiger partial charge in [0.1, 0.15) is 5.82 Å². The summed E-state index contributed by atoms with van der Waals surface area (Å²) in [5, 5.41) is 0. The number of rotatable bonds is 3. The SMILES string of the molecule is CC(CON)c1ccc(F)c(C(F)(F)F)c1. The Morgan fingerprint density at radius 3 is 2.50 bits per heavy atom. The molecule has 0 fully saturated rings. The molecule has 1 aromatic carbocycles. The van der Waals surface area contributed by atoms with E-state index in [0.29, 0.717) is 5.56 Å². The van der Waals surface area contributed by atoms with Crippen molar-refractivity contribution in [3.63, 3.8) is 0 Å². The summed E-state index contributed by atoms with van der Waals surface area (Å²) >= 11 is 0. The molecular formula is C10H11F4NO. The highest BCUT2D eigenvalue weighted by molar-refractivity contribution is 5.29. The molecule has 0 spiro atoms. The Morgan fingerprint density at radius 2 is 2.00 bits per heavy atom. The smallest absolute Gasteiger partial charge is 0.304 e. The predicted molar refractivity (Wildman–Crippen MR) is 50.0 cm³/mol. The maximum Gasteiger partial charge on any atom is 0.419 e. The highest BCUT2D eigenvalue weighted by Crippen LogP contribution is 2.33. The average Bonchev–Trinajstić information content (AvgIpc) is 2.16. The van der Waals surface area contributed by atoms with Crippen molar-refractivity contribution >= 4 is 0 Å². The van der Waals surface area contributed by atoms with Crippen molar-refractivity contribution in [3.8, 4) is 0 Å². The molecule has 0 heterocycles. The molecule has 1 rings (SSSR count). The number of halogens is 4. The molecule has 1 unspecified atom stereocenters. The lowest BCUT2D eigenvalue weighted by Crippen LogP contribution is -2.12. The van der Waals surface area contributed by atoms with Crippen LogP contribution < -0.4 is 5.90 Å². The van der Waals surface area contributed by atoms with Crippen LogP contribution in [0.5, 0.6) is 0 Å². The molecule has 0 bridgehead atoms. The predicted octanol–water partition coefficient (Wildman–Crippen LogP) is 2.84. The molecule has 1 atom stereocenters. The average molecular weight is 237 g/mol. The molecule has 0 radical (unpaired) electrons. The van der Waals surface area contributed by atoms with Crippen LogP contribution in [0, 0.1) is 5.82 Å². The van der Waals surface area contributed by atoms with Crippen LogP contribution in [0.15, 0.2) is 18.2 Å². The van der Waals surface area contributed by atoms with Gasteiger partial charge in [-0.1, -0.05) is 13.0 Å². The zero-order valence-corrected chi connectivity index (χ0v) is 8.51. The standard InChI is InChI=1S/C10H11F4NO/c1-6(5-16-15)7-2-3-9(11)8(4-7)10(12,13)14/h2-4,6H,5,15H2,1H3. The summed E-state index contributed by atoms with van der Waals surface area (Å²) in [5.74, 6) is 3.22. The van der Waals surface area contributed by atoms with E-state index in [9.17, 15) is 17.6 Å². The third kappa shape index (κ3) is 2.93. The summed E-state index contributed by atoms with van der Waals surface area (Å²) in [6.45, 7) is 1.71. The third-order valence-electron chi connectivity index (χ3n) is 2.21. The number of alkyl halides is 3. The molecule has 2 N–H and O–H groups in total. The molecule has 0 amide bonds. The van der Waals surface area contributed by atoms with Gasteiger partial charge in [0.15, 0.2) is 0 Å². The van der Waals surface area contributed by atoms with Crippen LogP contribution in [0.25, 0.3) is 0 Å². The van der Waals surface area contributed by atoms with Crippen LogP contribution in [0.4, 0.5) is 17.6 Å². The topological polar surface area (TPSA) is 35.2 Å². The molecule has 6 heteroatoms. The van der Waals surface area contributed by atoms with E-state index in [1.54, 1.807) is 6.92 Å². The highest BCUT2D eigenvalue weighted by Gasteiger charge is 2.34. The van der Waals surface area contributed by atoms with Gasteiger partial charge >= 0.3 is 6.18 Å². The zero-order valence-electron chi connectivity index (χ0n) is 8.51. The first-order valence-corrected chi connectivity index (χ1v) is 4.54. The van der Waals surface area contributed by atoms with Gasteiger partial charge in [-0.05, 0) is 17.7 Å². The van der Waals surface area contributed by atoms with Crippen molar-refractivity contribution in [2.75, 3.05) is 6.61 Å². The first-order valence-electron chi connectivity index (χ1n) is 4.54. The van der Waals surface area contributed by atoms with Crippen LogP contribution >= 0.6 is 0 Å². The molecule has 1 aromatic rings. The van der Waals surface area contributed by atoms with Gasteiger partial charge in [0.05, 0.1) is 12.2 Å². The Bertz CT molecular complexity index is 364. The Labute approximate surface area is 90.0 Å². The Kier molecular flexibility index (Phi) is 3.88. The molecule has 0 aliphatic heterocycles. The van der Waals surface area contributed by atoms with Gasteiger partial charge in [0, 0.05) is 5.92 Å². The molecule has 0 aromatic heterocycles. The lowest BCUT2D eigenvalue weighted by atomic mass is 9.99. The normalized spacial score (nSPS) is 13.9. The molecule has 0 aliphatic rings. The summed E-state index contributed by atoms with van der Waals surface area (Å²) in [4.78, 5) is 4.34. The number of hydrogen-bond acceptors (Lipinski definition) is 2. The molecule has 2 nitrogen and oxygen atoms in total. The summed E-state index contributed by atoms with van der Waals surface area (Å²) in [5.41, 5.74) is -0.937. The first-order chi connectivity index (χ1) is 7.36. The van der Waals surface area contributed by atoms with Crippen molar-refractivity contribution in [1.29, 1.82) is 0 Å². The van der Waals surface area contributed by atoms with E-state index < -0.39 is 17.6 Å². The summed E-state index contributed by atoms with van der Waals surface area (Å²) < 4.78 is 50.1. The quantitative estimate of drug-likeness (QED) is 0.648. The van der Waals surface area contributed by atoms with Gasteiger partial charge in [0.2, 0.25) is 0 Å². The second-order valence-electron chi connectivity index (χ2n) is 3.47. The molecule has 0 saturated heterocycles. The lowest BCUT2D eigenvalue weighted by molar-refractivity contribution is -0.140. The van der Waals surface area contributed by atoms with E-state index in [0.717, 1.165) is 12.1 Å². The minimum atomic E-state index is -4.69. The van der Waals surface area contributed by atoms with Crippen LogP contribution in [0.3, 0.4) is 0 Å². The minimum absolute atomic E-state index is 0.0724. The first kappa shape index (κ1) is 12.9. The summed E-state index contributed by atoms with van der Waals surface area (Å²) in [7, 11) is 0. The fraction of sp³-hybridized carbons (Fsp3) is 0.400. The Morgan fingerprint density at radius 1 is 1.38 bits per heavy atom. The van der Waals surface area contributed by atoms with E-state index >= 15 is 0 Å². The van der Waals surface area contributed by atoms with E-state index in [-0.39, 0.29) is 12.5 Å². The Balaban J connectivity index is 3.07. The molecular weight excluding hydrogens is 226 g/mol. The molecule has 0 saturated carbocycles. The molecule has 90 valence electrons. The van der Waals surface area contributed by atoms with Gasteiger partial charge < -0.3 is 4.84 Å². The van der Waals surface area contributed by atoms with Gasteiger partial charge in [-0.2, -0.15) is 13.2 Å². The number of benzene rings is 1. The van der Waals surface area contributed by atoms with Gasteiger partial charge in [-0.15, -0.1) is 0 Å². The summed E-state index contributed by atoms with van der Waals surface area (Å²) in [6, 6.07) is 2.86. The van der Waals surface area contributed by atoms with Crippen molar-refractivity contribution in [2.45, 2.75) is 19.0 Å². The minimum Gasteiger partial charge on any atom is -0.304 e. The fourth-order valence-corrected chi connectivity index (χ4v) is 1.31.